The first-order valence-electron chi connectivity index (χ1n) is 12.5. The van der Waals surface area contributed by atoms with Gasteiger partial charge >= 0.3 is 5.97 Å². The number of Topliss-reactive ketones (excluding diaryl/α,β-unsaturated/α-hetero) is 1. The van der Waals surface area contributed by atoms with Gasteiger partial charge in [-0.2, -0.15) is 0 Å². The summed E-state index contributed by atoms with van der Waals surface area (Å²) in [5.41, 5.74) is 3.98. The van der Waals surface area contributed by atoms with Gasteiger partial charge in [-0.25, -0.2) is 0 Å². The number of anilines is 1. The number of hydrogen-bond acceptors (Lipinski definition) is 4. The maximum atomic E-state index is 12.8. The third kappa shape index (κ3) is 4.14. The van der Waals surface area contributed by atoms with Gasteiger partial charge in [-0.15, -0.1) is 0 Å². The first-order chi connectivity index (χ1) is 17.0. The zero-order valence-electron chi connectivity index (χ0n) is 20.2. The van der Waals surface area contributed by atoms with E-state index in [1.807, 2.05) is 66.7 Å². The standard InChI is InChI=1S/C30H32N2O3/c1-22(33)28-21-32(23-11-3-2-4-12-23)20-19-31(28)18-10-9-17-30(29(34)35)26-15-7-5-13-24(26)25-14-6-8-16-27(25)30/h2-8,11-16,28H,9-10,17-21H2,1H3,(H,34,35). The number of carbonyl (C=O) groups is 2. The second-order valence-electron chi connectivity index (χ2n) is 9.70. The highest BCUT2D eigenvalue weighted by atomic mass is 16.4. The Bertz CT molecular complexity index is 1180. The van der Waals surface area contributed by atoms with E-state index in [9.17, 15) is 14.7 Å². The molecule has 1 aliphatic carbocycles. The van der Waals surface area contributed by atoms with Crippen molar-refractivity contribution in [2.45, 2.75) is 37.6 Å². The van der Waals surface area contributed by atoms with Crippen LogP contribution < -0.4 is 4.90 Å². The maximum absolute atomic E-state index is 12.8. The highest BCUT2D eigenvalue weighted by Crippen LogP contribution is 2.51. The third-order valence-corrected chi connectivity index (χ3v) is 7.76. The molecule has 0 spiro atoms. The molecule has 0 radical (unpaired) electrons. The van der Waals surface area contributed by atoms with Crippen LogP contribution in [0.3, 0.4) is 0 Å². The van der Waals surface area contributed by atoms with E-state index in [2.05, 4.69) is 21.9 Å². The summed E-state index contributed by atoms with van der Waals surface area (Å²) in [5.74, 6) is -0.598. The molecule has 5 nitrogen and oxygen atoms in total. The number of fused-ring (bicyclic) bond motifs is 3. The fraction of sp³-hybridized carbons (Fsp3) is 0.333. The minimum atomic E-state index is -1.01. The Labute approximate surface area is 207 Å². The molecule has 1 N–H and O–H groups in total. The molecule has 1 unspecified atom stereocenters. The van der Waals surface area contributed by atoms with Crippen LogP contribution in [0.1, 0.15) is 37.3 Å². The molecule has 3 aromatic carbocycles. The second kappa shape index (κ2) is 9.67. The van der Waals surface area contributed by atoms with Crippen LogP contribution in [0.25, 0.3) is 11.1 Å². The predicted octanol–water partition coefficient (Wildman–Crippen LogP) is 4.99. The molecule has 1 heterocycles. The Balaban J connectivity index is 1.28. The van der Waals surface area contributed by atoms with Crippen molar-refractivity contribution in [3.8, 4) is 11.1 Å². The number of ketones is 1. The summed E-state index contributed by atoms with van der Waals surface area (Å²) in [4.78, 5) is 29.9. The van der Waals surface area contributed by atoms with E-state index in [1.54, 1.807) is 6.92 Å². The lowest BCUT2D eigenvalue weighted by molar-refractivity contribution is -0.142. The summed E-state index contributed by atoms with van der Waals surface area (Å²) >= 11 is 0. The number of benzene rings is 3. The molecule has 0 amide bonds. The van der Waals surface area contributed by atoms with E-state index < -0.39 is 11.4 Å². The molecular weight excluding hydrogens is 436 g/mol. The molecule has 0 saturated carbocycles. The highest BCUT2D eigenvalue weighted by Gasteiger charge is 2.48. The van der Waals surface area contributed by atoms with Crippen molar-refractivity contribution in [1.82, 2.24) is 4.90 Å². The van der Waals surface area contributed by atoms with Crippen molar-refractivity contribution >= 4 is 17.4 Å². The minimum Gasteiger partial charge on any atom is -0.480 e. The van der Waals surface area contributed by atoms with E-state index in [4.69, 9.17) is 0 Å². The van der Waals surface area contributed by atoms with Crippen molar-refractivity contribution in [3.63, 3.8) is 0 Å². The van der Waals surface area contributed by atoms with Gasteiger partial charge in [0.1, 0.15) is 11.2 Å². The molecule has 5 rings (SSSR count). The van der Waals surface area contributed by atoms with E-state index in [0.29, 0.717) is 13.0 Å². The van der Waals surface area contributed by atoms with Crippen LogP contribution in [0, 0.1) is 0 Å². The average molecular weight is 469 g/mol. The summed E-state index contributed by atoms with van der Waals surface area (Å²) in [6.45, 7) is 4.88. The molecule has 35 heavy (non-hydrogen) atoms. The Kier molecular flexibility index (Phi) is 6.44. The zero-order chi connectivity index (χ0) is 24.4. The van der Waals surface area contributed by atoms with Gasteiger partial charge in [0.2, 0.25) is 0 Å². The lowest BCUT2D eigenvalue weighted by Crippen LogP contribution is -2.56. The first-order valence-corrected chi connectivity index (χ1v) is 12.5. The Morgan fingerprint density at radius 1 is 0.857 bits per heavy atom. The molecule has 1 saturated heterocycles. The summed E-state index contributed by atoms with van der Waals surface area (Å²) in [6, 6.07) is 25.9. The lowest BCUT2D eigenvalue weighted by Gasteiger charge is -2.41. The summed E-state index contributed by atoms with van der Waals surface area (Å²) < 4.78 is 0. The number of carbonyl (C=O) groups excluding carboxylic acids is 1. The summed E-state index contributed by atoms with van der Waals surface area (Å²) in [7, 11) is 0. The van der Waals surface area contributed by atoms with Gasteiger partial charge < -0.3 is 10.0 Å². The number of carboxylic acids is 1. The van der Waals surface area contributed by atoms with Crippen LogP contribution in [-0.2, 0) is 15.0 Å². The quantitative estimate of drug-likeness (QED) is 0.472. The smallest absolute Gasteiger partial charge is 0.318 e. The highest BCUT2D eigenvalue weighted by molar-refractivity contribution is 5.97. The number of aliphatic carboxylic acids is 1. The fourth-order valence-electron chi connectivity index (χ4n) is 5.98. The molecule has 1 atom stereocenters. The molecule has 3 aromatic rings. The van der Waals surface area contributed by atoms with Gasteiger partial charge in [0.15, 0.2) is 0 Å². The molecule has 0 aromatic heterocycles. The van der Waals surface area contributed by atoms with Gasteiger partial charge in [-0.3, -0.25) is 14.5 Å². The number of nitrogens with zero attached hydrogens (tertiary/aromatic N) is 2. The Morgan fingerprint density at radius 3 is 2.06 bits per heavy atom. The van der Waals surface area contributed by atoms with E-state index in [1.165, 1.54) is 0 Å². The van der Waals surface area contributed by atoms with Gasteiger partial charge in [-0.05, 0) is 60.7 Å². The van der Waals surface area contributed by atoms with Gasteiger partial charge in [-0.1, -0.05) is 73.2 Å². The second-order valence-corrected chi connectivity index (χ2v) is 9.70. The monoisotopic (exact) mass is 468 g/mol. The molecule has 1 aliphatic heterocycles. The Morgan fingerprint density at radius 2 is 1.46 bits per heavy atom. The van der Waals surface area contributed by atoms with Crippen LogP contribution in [-0.4, -0.2) is 54.0 Å². The number of rotatable bonds is 8. The normalized spacial score (nSPS) is 18.7. The van der Waals surface area contributed by atoms with Crippen molar-refractivity contribution in [1.29, 1.82) is 0 Å². The molecule has 0 bridgehead atoms. The number of piperazine rings is 1. The number of carboxylic acid groups (broad SMARTS) is 1. The van der Waals surface area contributed by atoms with Gasteiger partial charge in [0.25, 0.3) is 0 Å². The fourth-order valence-corrected chi connectivity index (χ4v) is 5.98. The summed E-state index contributed by atoms with van der Waals surface area (Å²) in [5, 5.41) is 10.5. The molecule has 5 heteroatoms. The van der Waals surface area contributed by atoms with Crippen molar-refractivity contribution < 1.29 is 14.7 Å². The van der Waals surface area contributed by atoms with Crippen LogP contribution in [0.4, 0.5) is 5.69 Å². The average Bonchev–Trinajstić information content (AvgIpc) is 3.18. The van der Waals surface area contributed by atoms with Crippen LogP contribution in [0.15, 0.2) is 78.9 Å². The van der Waals surface area contributed by atoms with Crippen molar-refractivity contribution in [2.75, 3.05) is 31.1 Å². The SMILES string of the molecule is CC(=O)C1CN(c2ccccc2)CCN1CCCCC1(C(=O)O)c2ccccc2-c2ccccc21. The van der Waals surface area contributed by atoms with Crippen molar-refractivity contribution in [2.24, 2.45) is 0 Å². The van der Waals surface area contributed by atoms with Crippen LogP contribution in [0.2, 0.25) is 0 Å². The molecule has 180 valence electrons. The third-order valence-electron chi connectivity index (χ3n) is 7.76. The molecular formula is C30H32N2O3. The lowest BCUT2D eigenvalue weighted by atomic mass is 9.74. The molecule has 1 fully saturated rings. The van der Waals surface area contributed by atoms with E-state index >= 15 is 0 Å². The van der Waals surface area contributed by atoms with E-state index in [0.717, 1.165) is 60.4 Å². The largest absolute Gasteiger partial charge is 0.480 e. The topological polar surface area (TPSA) is 60.9 Å². The number of unbranched alkanes of at least 4 members (excludes halogenated alkanes) is 1. The molecule has 2 aliphatic rings. The predicted molar refractivity (Wildman–Crippen MR) is 139 cm³/mol. The van der Waals surface area contributed by atoms with Crippen LogP contribution in [0.5, 0.6) is 0 Å². The number of hydrogen-bond donors (Lipinski definition) is 1. The first kappa shape index (κ1) is 23.3. The minimum absolute atomic E-state index is 0.134. The van der Waals surface area contributed by atoms with Gasteiger partial charge in [0, 0.05) is 25.3 Å². The van der Waals surface area contributed by atoms with Gasteiger partial charge in [0.05, 0.1) is 6.04 Å². The van der Waals surface area contributed by atoms with Crippen molar-refractivity contribution in [3.05, 3.63) is 90.0 Å². The maximum Gasteiger partial charge on any atom is 0.318 e. The van der Waals surface area contributed by atoms with Crippen LogP contribution >= 0.6 is 0 Å². The van der Waals surface area contributed by atoms with E-state index in [-0.39, 0.29) is 11.8 Å². The summed E-state index contributed by atoms with van der Waals surface area (Å²) in [6.07, 6.45) is 2.18. The Hall–Kier alpha value is -3.44. The zero-order valence-corrected chi connectivity index (χ0v) is 20.2. The number of para-hydroxylation sites is 1.